The number of fused-ring (bicyclic) bond motifs is 1. The summed E-state index contributed by atoms with van der Waals surface area (Å²) in [7, 11) is 3.40. The Labute approximate surface area is 119 Å². The normalized spacial score (nSPS) is 13.4. The van der Waals surface area contributed by atoms with E-state index >= 15 is 0 Å². The third-order valence-electron chi connectivity index (χ3n) is 3.80. The van der Waals surface area contributed by atoms with Gasteiger partial charge in [0.1, 0.15) is 11.5 Å². The van der Waals surface area contributed by atoms with Crippen LogP contribution in [0.1, 0.15) is 23.1 Å². The maximum atomic E-state index is 5.28. The Balaban J connectivity index is 1.93. The molecule has 2 aromatic carbocycles. The van der Waals surface area contributed by atoms with E-state index in [0.29, 0.717) is 0 Å². The van der Waals surface area contributed by atoms with Crippen LogP contribution in [0.15, 0.2) is 42.5 Å². The van der Waals surface area contributed by atoms with E-state index in [9.17, 15) is 0 Å². The molecule has 0 amide bonds. The van der Waals surface area contributed by atoms with Gasteiger partial charge in [0.05, 0.1) is 14.2 Å². The Bertz CT molecular complexity index is 639. The van der Waals surface area contributed by atoms with Crippen LogP contribution in [-0.2, 0) is 6.42 Å². The minimum Gasteiger partial charge on any atom is -0.497 e. The minimum atomic E-state index is 0.898. The van der Waals surface area contributed by atoms with Crippen LogP contribution in [0.2, 0.25) is 0 Å². The van der Waals surface area contributed by atoms with Crippen molar-refractivity contribution in [3.8, 4) is 11.5 Å². The number of hydrogen-bond acceptors (Lipinski definition) is 2. The molecule has 0 unspecified atom stereocenters. The molecule has 0 fully saturated rings. The molecule has 1 aliphatic carbocycles. The van der Waals surface area contributed by atoms with Gasteiger partial charge in [-0.25, -0.2) is 0 Å². The van der Waals surface area contributed by atoms with E-state index in [1.807, 2.05) is 18.2 Å². The molecule has 0 atom stereocenters. The molecule has 0 N–H and O–H groups in total. The van der Waals surface area contributed by atoms with Gasteiger partial charge in [-0.3, -0.25) is 0 Å². The molecular formula is C18H18O2. The van der Waals surface area contributed by atoms with Gasteiger partial charge in [-0.2, -0.15) is 0 Å². The number of ether oxygens (including phenoxy) is 2. The van der Waals surface area contributed by atoms with Crippen molar-refractivity contribution >= 4 is 11.6 Å². The minimum absolute atomic E-state index is 0.898. The molecule has 0 aromatic heterocycles. The van der Waals surface area contributed by atoms with Crippen molar-refractivity contribution in [3.05, 3.63) is 59.2 Å². The summed E-state index contributed by atoms with van der Waals surface area (Å²) >= 11 is 0. The van der Waals surface area contributed by atoms with Gasteiger partial charge in [0.2, 0.25) is 0 Å². The first-order valence-corrected chi connectivity index (χ1v) is 6.82. The number of benzene rings is 2. The lowest BCUT2D eigenvalue weighted by Gasteiger charge is -2.17. The van der Waals surface area contributed by atoms with Crippen molar-refractivity contribution in [2.75, 3.05) is 14.2 Å². The predicted molar refractivity (Wildman–Crippen MR) is 82.2 cm³/mol. The molecule has 1 aliphatic rings. The van der Waals surface area contributed by atoms with Crippen molar-refractivity contribution in [3.63, 3.8) is 0 Å². The van der Waals surface area contributed by atoms with Gasteiger partial charge in [0.15, 0.2) is 0 Å². The second-order valence-corrected chi connectivity index (χ2v) is 4.96. The van der Waals surface area contributed by atoms with Crippen LogP contribution in [0, 0.1) is 0 Å². The first-order chi connectivity index (χ1) is 9.80. The molecule has 3 rings (SSSR count). The molecule has 0 heterocycles. The molecule has 0 bridgehead atoms. The highest BCUT2D eigenvalue weighted by atomic mass is 16.5. The van der Waals surface area contributed by atoms with Crippen LogP contribution in [0.4, 0.5) is 0 Å². The average molecular weight is 266 g/mol. The van der Waals surface area contributed by atoms with E-state index in [-0.39, 0.29) is 0 Å². The second kappa shape index (κ2) is 5.41. The van der Waals surface area contributed by atoms with Crippen molar-refractivity contribution in [1.29, 1.82) is 0 Å². The lowest BCUT2D eigenvalue weighted by Crippen LogP contribution is -1.99. The molecule has 0 radical (unpaired) electrons. The molecule has 0 spiro atoms. The molecule has 0 saturated heterocycles. The Morgan fingerprint density at radius 3 is 2.20 bits per heavy atom. The number of hydrogen-bond donors (Lipinski definition) is 0. The van der Waals surface area contributed by atoms with Crippen LogP contribution in [0.3, 0.4) is 0 Å². The fourth-order valence-electron chi connectivity index (χ4n) is 2.63. The number of rotatable bonds is 3. The van der Waals surface area contributed by atoms with E-state index < -0.39 is 0 Å². The van der Waals surface area contributed by atoms with Gasteiger partial charge in [-0.05, 0) is 59.4 Å². The fourth-order valence-corrected chi connectivity index (χ4v) is 2.63. The van der Waals surface area contributed by atoms with Gasteiger partial charge in [0.25, 0.3) is 0 Å². The van der Waals surface area contributed by atoms with Crippen LogP contribution in [-0.4, -0.2) is 14.2 Å². The third-order valence-corrected chi connectivity index (χ3v) is 3.80. The van der Waals surface area contributed by atoms with Crippen molar-refractivity contribution < 1.29 is 9.47 Å². The van der Waals surface area contributed by atoms with Crippen LogP contribution in [0.5, 0.6) is 11.5 Å². The molecule has 102 valence electrons. The van der Waals surface area contributed by atoms with Crippen LogP contribution >= 0.6 is 0 Å². The molecule has 2 aromatic rings. The first-order valence-electron chi connectivity index (χ1n) is 6.82. The quantitative estimate of drug-likeness (QED) is 0.829. The SMILES string of the molecule is COc1ccc(C2=Cc3ccc(OC)cc3CC2)cc1. The largest absolute Gasteiger partial charge is 0.497 e. The summed E-state index contributed by atoms with van der Waals surface area (Å²) in [5, 5.41) is 0. The fraction of sp³-hybridized carbons (Fsp3) is 0.222. The number of aryl methyl sites for hydroxylation is 1. The highest BCUT2D eigenvalue weighted by Crippen LogP contribution is 2.32. The first kappa shape index (κ1) is 12.8. The molecule has 2 nitrogen and oxygen atoms in total. The van der Waals surface area contributed by atoms with Gasteiger partial charge in [-0.1, -0.05) is 24.3 Å². The summed E-state index contributed by atoms with van der Waals surface area (Å²) in [6.07, 6.45) is 4.40. The molecule has 2 heteroatoms. The zero-order valence-electron chi connectivity index (χ0n) is 11.8. The van der Waals surface area contributed by atoms with Gasteiger partial charge >= 0.3 is 0 Å². The average Bonchev–Trinajstić information content (AvgIpc) is 2.54. The summed E-state index contributed by atoms with van der Waals surface area (Å²) in [5.41, 5.74) is 5.31. The standard InChI is InChI=1S/C18H18O2/c1-19-17-8-5-13(6-9-17)14-3-4-16-12-18(20-2)10-7-15(16)11-14/h5-12H,3-4H2,1-2H3. The zero-order valence-corrected chi connectivity index (χ0v) is 11.8. The van der Waals surface area contributed by atoms with E-state index in [4.69, 9.17) is 9.47 Å². The lowest BCUT2D eigenvalue weighted by atomic mass is 9.88. The van der Waals surface area contributed by atoms with E-state index in [2.05, 4.69) is 30.3 Å². The van der Waals surface area contributed by atoms with Gasteiger partial charge in [0, 0.05) is 0 Å². The molecule has 0 aliphatic heterocycles. The monoisotopic (exact) mass is 266 g/mol. The summed E-state index contributed by atoms with van der Waals surface area (Å²) in [4.78, 5) is 0. The van der Waals surface area contributed by atoms with Gasteiger partial charge < -0.3 is 9.47 Å². The topological polar surface area (TPSA) is 18.5 Å². The smallest absolute Gasteiger partial charge is 0.119 e. The zero-order chi connectivity index (χ0) is 13.9. The van der Waals surface area contributed by atoms with Crippen molar-refractivity contribution in [2.24, 2.45) is 0 Å². The highest BCUT2D eigenvalue weighted by Gasteiger charge is 2.12. The predicted octanol–water partition coefficient (Wildman–Crippen LogP) is 4.19. The maximum Gasteiger partial charge on any atom is 0.119 e. The van der Waals surface area contributed by atoms with Crippen LogP contribution < -0.4 is 9.47 Å². The van der Waals surface area contributed by atoms with E-state index in [1.165, 1.54) is 22.3 Å². The van der Waals surface area contributed by atoms with Gasteiger partial charge in [-0.15, -0.1) is 0 Å². The maximum absolute atomic E-state index is 5.28. The Morgan fingerprint density at radius 1 is 0.800 bits per heavy atom. The summed E-state index contributed by atoms with van der Waals surface area (Å²) < 4.78 is 10.5. The summed E-state index contributed by atoms with van der Waals surface area (Å²) in [5.74, 6) is 1.83. The van der Waals surface area contributed by atoms with Crippen LogP contribution in [0.25, 0.3) is 11.6 Å². The summed E-state index contributed by atoms with van der Waals surface area (Å²) in [6, 6.07) is 14.6. The summed E-state index contributed by atoms with van der Waals surface area (Å²) in [6.45, 7) is 0. The molecule has 0 saturated carbocycles. The number of allylic oxidation sites excluding steroid dienone is 1. The van der Waals surface area contributed by atoms with Crippen molar-refractivity contribution in [1.82, 2.24) is 0 Å². The third kappa shape index (κ3) is 2.42. The Morgan fingerprint density at radius 2 is 1.50 bits per heavy atom. The lowest BCUT2D eigenvalue weighted by molar-refractivity contribution is 0.414. The van der Waals surface area contributed by atoms with E-state index in [0.717, 1.165) is 24.3 Å². The molecular weight excluding hydrogens is 248 g/mol. The molecule has 20 heavy (non-hydrogen) atoms. The highest BCUT2D eigenvalue weighted by molar-refractivity contribution is 5.84. The second-order valence-electron chi connectivity index (χ2n) is 4.96. The van der Waals surface area contributed by atoms with E-state index in [1.54, 1.807) is 14.2 Å². The Kier molecular flexibility index (Phi) is 3.46. The Hall–Kier alpha value is -2.22. The van der Waals surface area contributed by atoms with Crippen molar-refractivity contribution in [2.45, 2.75) is 12.8 Å². The number of methoxy groups -OCH3 is 2.